The predicted octanol–water partition coefficient (Wildman–Crippen LogP) is 1.35. The number of carbonyl (C=O) groups excluding carboxylic acids is 1. The van der Waals surface area contributed by atoms with Crippen molar-refractivity contribution >= 4 is 21.9 Å². The second-order valence-electron chi connectivity index (χ2n) is 4.04. The Balaban J connectivity index is 2.37. The van der Waals surface area contributed by atoms with Crippen LogP contribution in [0.4, 0.5) is 0 Å². The maximum absolute atomic E-state index is 11.5. The van der Waals surface area contributed by atoms with E-state index in [4.69, 9.17) is 9.47 Å². The van der Waals surface area contributed by atoms with Crippen LogP contribution in [0.1, 0.15) is 11.1 Å². The molecule has 1 atom stereocenters. The van der Waals surface area contributed by atoms with Crippen molar-refractivity contribution in [2.24, 2.45) is 0 Å². The van der Waals surface area contributed by atoms with Crippen LogP contribution in [0.5, 0.6) is 11.5 Å². The lowest BCUT2D eigenvalue weighted by Gasteiger charge is -2.26. The van der Waals surface area contributed by atoms with Gasteiger partial charge in [0, 0.05) is 12.1 Å². The van der Waals surface area contributed by atoms with E-state index in [9.17, 15) is 9.90 Å². The molecule has 5 nitrogen and oxygen atoms in total. The van der Waals surface area contributed by atoms with Crippen LogP contribution in [0.15, 0.2) is 10.5 Å². The predicted molar refractivity (Wildman–Crippen MR) is 68.7 cm³/mol. The van der Waals surface area contributed by atoms with Crippen LogP contribution >= 0.6 is 15.9 Å². The number of esters is 1. The Bertz CT molecular complexity index is 489. The molecule has 1 aromatic rings. The zero-order valence-corrected chi connectivity index (χ0v) is 11.7. The van der Waals surface area contributed by atoms with Crippen LogP contribution < -0.4 is 10.1 Å². The molecule has 0 radical (unpaired) electrons. The van der Waals surface area contributed by atoms with E-state index in [0.29, 0.717) is 23.2 Å². The van der Waals surface area contributed by atoms with Crippen molar-refractivity contribution in [1.82, 2.24) is 5.32 Å². The molecule has 0 saturated heterocycles. The van der Waals surface area contributed by atoms with Gasteiger partial charge in [-0.2, -0.15) is 0 Å². The van der Waals surface area contributed by atoms with Gasteiger partial charge < -0.3 is 14.6 Å². The van der Waals surface area contributed by atoms with Crippen LogP contribution in [-0.2, 0) is 22.5 Å². The summed E-state index contributed by atoms with van der Waals surface area (Å²) in [6.07, 6.45) is 0.484. The number of rotatable bonds is 2. The van der Waals surface area contributed by atoms with Crippen molar-refractivity contribution in [2.45, 2.75) is 19.0 Å². The number of phenols is 1. The first-order chi connectivity index (χ1) is 8.58. The third-order valence-electron chi connectivity index (χ3n) is 3.05. The molecule has 18 heavy (non-hydrogen) atoms. The maximum atomic E-state index is 11.5. The molecule has 0 unspecified atom stereocenters. The maximum Gasteiger partial charge on any atom is 0.323 e. The van der Waals surface area contributed by atoms with E-state index in [2.05, 4.69) is 21.2 Å². The van der Waals surface area contributed by atoms with E-state index in [1.54, 1.807) is 0 Å². The van der Waals surface area contributed by atoms with E-state index in [1.165, 1.54) is 14.2 Å². The highest BCUT2D eigenvalue weighted by atomic mass is 79.9. The first kappa shape index (κ1) is 13.2. The quantitative estimate of drug-likeness (QED) is 0.806. The Labute approximate surface area is 113 Å². The molecule has 0 fully saturated rings. The van der Waals surface area contributed by atoms with E-state index in [1.807, 2.05) is 6.07 Å². The molecular formula is C12H14BrNO4. The molecule has 1 aliphatic rings. The Morgan fingerprint density at radius 2 is 2.28 bits per heavy atom. The van der Waals surface area contributed by atoms with Crippen molar-refractivity contribution in [3.63, 3.8) is 0 Å². The molecule has 0 saturated carbocycles. The van der Waals surface area contributed by atoms with Gasteiger partial charge >= 0.3 is 5.97 Å². The molecule has 1 aromatic carbocycles. The van der Waals surface area contributed by atoms with Crippen molar-refractivity contribution in [3.05, 3.63) is 21.7 Å². The number of ether oxygens (including phenoxy) is 2. The third kappa shape index (κ3) is 2.18. The average molecular weight is 316 g/mol. The molecule has 1 aliphatic heterocycles. The molecule has 2 rings (SSSR count). The summed E-state index contributed by atoms with van der Waals surface area (Å²) in [5.41, 5.74) is 1.67. The summed E-state index contributed by atoms with van der Waals surface area (Å²) in [6.45, 7) is 0.407. The molecule has 0 aromatic heterocycles. The van der Waals surface area contributed by atoms with Crippen LogP contribution in [0.25, 0.3) is 0 Å². The highest BCUT2D eigenvalue weighted by Crippen LogP contribution is 2.40. The van der Waals surface area contributed by atoms with Gasteiger partial charge in [0.25, 0.3) is 0 Å². The number of hydrogen-bond acceptors (Lipinski definition) is 5. The van der Waals surface area contributed by atoms with Gasteiger partial charge in [-0.25, -0.2) is 0 Å². The van der Waals surface area contributed by atoms with Crippen LogP contribution in [0.2, 0.25) is 0 Å². The van der Waals surface area contributed by atoms with Gasteiger partial charge in [0.05, 0.1) is 18.7 Å². The number of aromatic hydroxyl groups is 1. The third-order valence-corrected chi connectivity index (χ3v) is 3.63. The largest absolute Gasteiger partial charge is 0.504 e. The zero-order valence-electron chi connectivity index (χ0n) is 10.1. The minimum atomic E-state index is -0.373. The smallest absolute Gasteiger partial charge is 0.323 e. The van der Waals surface area contributed by atoms with E-state index in [0.717, 1.165) is 11.1 Å². The average Bonchev–Trinajstić information content (AvgIpc) is 2.37. The topological polar surface area (TPSA) is 67.8 Å². The van der Waals surface area contributed by atoms with E-state index < -0.39 is 0 Å². The van der Waals surface area contributed by atoms with Gasteiger partial charge in [0.15, 0.2) is 11.5 Å². The summed E-state index contributed by atoms with van der Waals surface area (Å²) < 4.78 is 10.5. The number of phenolic OH excluding ortho intramolecular Hbond substituents is 1. The fourth-order valence-corrected chi connectivity index (χ4v) is 2.73. The molecule has 98 valence electrons. The van der Waals surface area contributed by atoms with Gasteiger partial charge in [-0.05, 0) is 34.0 Å². The van der Waals surface area contributed by atoms with Gasteiger partial charge in [-0.15, -0.1) is 0 Å². The Morgan fingerprint density at radius 1 is 1.56 bits per heavy atom. The van der Waals surface area contributed by atoms with Crippen LogP contribution in [0, 0.1) is 0 Å². The van der Waals surface area contributed by atoms with Gasteiger partial charge in [0.1, 0.15) is 6.04 Å². The summed E-state index contributed by atoms with van der Waals surface area (Å²) in [5, 5.41) is 13.1. The monoisotopic (exact) mass is 315 g/mol. The van der Waals surface area contributed by atoms with Gasteiger partial charge in [-0.3, -0.25) is 10.1 Å². The fourth-order valence-electron chi connectivity index (χ4n) is 2.11. The summed E-state index contributed by atoms with van der Waals surface area (Å²) in [6, 6.07) is 1.49. The lowest BCUT2D eigenvalue weighted by atomic mass is 9.94. The number of fused-ring (bicyclic) bond motifs is 1. The number of carbonyl (C=O) groups is 1. The second-order valence-corrected chi connectivity index (χ2v) is 4.89. The zero-order chi connectivity index (χ0) is 13.3. The summed E-state index contributed by atoms with van der Waals surface area (Å²) in [5.74, 6) is 0.219. The number of methoxy groups -OCH3 is 2. The number of benzene rings is 1. The Kier molecular flexibility index (Phi) is 3.77. The standard InChI is InChI=1S/C12H14BrNO4/c1-17-11-8(13)3-6-4-9(12(16)18-2)14-5-7(6)10(11)15/h3,9,14-15H,4-5H2,1-2H3/t9-/m0/s1. The Hall–Kier alpha value is -1.27. The molecule has 0 bridgehead atoms. The van der Waals surface area contributed by atoms with Crippen molar-refractivity contribution in [1.29, 1.82) is 0 Å². The first-order valence-electron chi connectivity index (χ1n) is 5.47. The molecule has 0 spiro atoms. The highest BCUT2D eigenvalue weighted by molar-refractivity contribution is 9.10. The molecule has 0 amide bonds. The van der Waals surface area contributed by atoms with Crippen LogP contribution in [0.3, 0.4) is 0 Å². The SMILES string of the molecule is COC(=O)[C@@H]1Cc2cc(Br)c(OC)c(O)c2CN1. The number of hydrogen-bond donors (Lipinski definition) is 2. The second kappa shape index (κ2) is 5.16. The lowest BCUT2D eigenvalue weighted by molar-refractivity contribution is -0.143. The fraction of sp³-hybridized carbons (Fsp3) is 0.417. The Morgan fingerprint density at radius 3 is 2.89 bits per heavy atom. The normalized spacial score (nSPS) is 18.1. The number of nitrogens with one attached hydrogen (secondary N) is 1. The molecule has 6 heteroatoms. The summed E-state index contributed by atoms with van der Waals surface area (Å²) in [7, 11) is 2.86. The van der Waals surface area contributed by atoms with E-state index >= 15 is 0 Å². The van der Waals surface area contributed by atoms with Crippen molar-refractivity contribution in [2.75, 3.05) is 14.2 Å². The van der Waals surface area contributed by atoms with Gasteiger partial charge in [-0.1, -0.05) is 0 Å². The summed E-state index contributed by atoms with van der Waals surface area (Å²) in [4.78, 5) is 11.5. The molecule has 1 heterocycles. The van der Waals surface area contributed by atoms with Crippen molar-refractivity contribution in [3.8, 4) is 11.5 Å². The first-order valence-corrected chi connectivity index (χ1v) is 6.26. The molecular weight excluding hydrogens is 302 g/mol. The molecule has 2 N–H and O–H groups in total. The number of halogens is 1. The van der Waals surface area contributed by atoms with E-state index in [-0.39, 0.29) is 17.8 Å². The summed E-state index contributed by atoms with van der Waals surface area (Å²) >= 11 is 3.34. The highest BCUT2D eigenvalue weighted by Gasteiger charge is 2.28. The molecule has 0 aliphatic carbocycles. The van der Waals surface area contributed by atoms with Gasteiger partial charge in [0.2, 0.25) is 0 Å². The minimum Gasteiger partial charge on any atom is -0.504 e. The lowest BCUT2D eigenvalue weighted by Crippen LogP contribution is -2.42. The van der Waals surface area contributed by atoms with Crippen LogP contribution in [-0.4, -0.2) is 31.3 Å². The van der Waals surface area contributed by atoms with Crippen molar-refractivity contribution < 1.29 is 19.4 Å². The minimum absolute atomic E-state index is 0.109.